The maximum atomic E-state index is 12.1. The van der Waals surface area contributed by atoms with Crippen LogP contribution in [-0.4, -0.2) is 59.2 Å². The normalized spacial score (nSPS) is 24.4. The molecule has 0 unspecified atom stereocenters. The van der Waals surface area contributed by atoms with Gasteiger partial charge in [-0.1, -0.05) is 36.9 Å². The van der Waals surface area contributed by atoms with Gasteiger partial charge in [0.25, 0.3) is 0 Å². The summed E-state index contributed by atoms with van der Waals surface area (Å²) < 4.78 is 5.27. The first-order valence-corrected chi connectivity index (χ1v) is 8.76. The van der Waals surface area contributed by atoms with Crippen molar-refractivity contribution in [3.63, 3.8) is 0 Å². The lowest BCUT2D eigenvalue weighted by molar-refractivity contribution is -0.128. The minimum Gasteiger partial charge on any atom is -0.447 e. The summed E-state index contributed by atoms with van der Waals surface area (Å²) in [4.78, 5) is 25.7. The molecule has 7 nitrogen and oxygen atoms in total. The van der Waals surface area contributed by atoms with Crippen LogP contribution in [0.3, 0.4) is 0 Å². The summed E-state index contributed by atoms with van der Waals surface area (Å²) in [6, 6.07) is 9.08. The summed E-state index contributed by atoms with van der Waals surface area (Å²) in [6.07, 6.45) is 1.86. The molecule has 0 spiro atoms. The summed E-state index contributed by atoms with van der Waals surface area (Å²) in [6.45, 7) is 4.27. The van der Waals surface area contributed by atoms with E-state index in [0.717, 1.165) is 12.0 Å². The van der Waals surface area contributed by atoms with Gasteiger partial charge < -0.3 is 25.0 Å². The van der Waals surface area contributed by atoms with Crippen molar-refractivity contribution in [1.82, 2.24) is 10.2 Å². The van der Waals surface area contributed by atoms with Gasteiger partial charge in [-0.15, -0.1) is 0 Å². The zero-order valence-electron chi connectivity index (χ0n) is 14.5. The van der Waals surface area contributed by atoms with E-state index < -0.39 is 19.2 Å². The number of piperidine rings is 1. The van der Waals surface area contributed by atoms with Crippen LogP contribution in [0.2, 0.25) is 0 Å². The summed E-state index contributed by atoms with van der Waals surface area (Å²) in [5, 5.41) is 21.5. The minimum absolute atomic E-state index is 0.0894. The molecule has 1 aliphatic carbocycles. The predicted molar refractivity (Wildman–Crippen MR) is 95.9 cm³/mol. The first-order valence-electron chi connectivity index (χ1n) is 8.76. The second-order valence-corrected chi connectivity index (χ2v) is 6.87. The van der Waals surface area contributed by atoms with Gasteiger partial charge in [0.15, 0.2) is 0 Å². The van der Waals surface area contributed by atoms with Crippen molar-refractivity contribution in [3.05, 3.63) is 48.6 Å². The molecular weight excluding hydrogens is 335 g/mol. The molecule has 2 aliphatic rings. The second kappa shape index (κ2) is 7.93. The van der Waals surface area contributed by atoms with Crippen molar-refractivity contribution in [2.75, 3.05) is 13.2 Å². The number of rotatable bonds is 7. The fourth-order valence-corrected chi connectivity index (χ4v) is 3.61. The fourth-order valence-electron chi connectivity index (χ4n) is 3.61. The Morgan fingerprint density at radius 2 is 2.12 bits per heavy atom. The lowest BCUT2D eigenvalue weighted by atomic mass is 9.76. The number of nitrogens with one attached hydrogen (secondary N) is 1. The molecule has 1 saturated heterocycles. The van der Waals surface area contributed by atoms with Crippen molar-refractivity contribution < 1.29 is 24.4 Å². The molecule has 26 heavy (non-hydrogen) atoms. The van der Waals surface area contributed by atoms with Crippen LogP contribution in [0.25, 0.3) is 0 Å². The molecule has 1 heterocycles. The highest BCUT2D eigenvalue weighted by molar-refractivity contribution is 6.43. The highest BCUT2D eigenvalue weighted by Crippen LogP contribution is 2.49. The van der Waals surface area contributed by atoms with Crippen LogP contribution in [0.1, 0.15) is 12.0 Å². The van der Waals surface area contributed by atoms with Gasteiger partial charge in [0.05, 0.1) is 12.0 Å². The summed E-state index contributed by atoms with van der Waals surface area (Å²) in [5.41, 5.74) is 0.866. The molecule has 2 amide bonds. The maximum absolute atomic E-state index is 12.1. The Kier molecular flexibility index (Phi) is 5.63. The topological polar surface area (TPSA) is 99.1 Å². The fraction of sp³-hybridized carbons (Fsp3) is 0.444. The van der Waals surface area contributed by atoms with Gasteiger partial charge in [0, 0.05) is 6.54 Å². The Morgan fingerprint density at radius 3 is 2.77 bits per heavy atom. The molecule has 2 fully saturated rings. The van der Waals surface area contributed by atoms with Gasteiger partial charge in [-0.05, 0) is 36.3 Å². The third-order valence-corrected chi connectivity index (χ3v) is 5.11. The van der Waals surface area contributed by atoms with Gasteiger partial charge in [-0.25, -0.2) is 4.79 Å². The number of nitrogens with zero attached hydrogens (tertiary/aromatic N) is 1. The summed E-state index contributed by atoms with van der Waals surface area (Å²) in [5.74, 6) is -0.178. The minimum atomic E-state index is -1.71. The third-order valence-electron chi connectivity index (χ3n) is 5.11. The molecule has 138 valence electrons. The van der Waals surface area contributed by atoms with E-state index >= 15 is 0 Å². The van der Waals surface area contributed by atoms with Crippen molar-refractivity contribution in [3.8, 4) is 0 Å². The number of ether oxygens (including phenoxy) is 1. The van der Waals surface area contributed by atoms with Crippen molar-refractivity contribution in [2.24, 2.45) is 11.8 Å². The van der Waals surface area contributed by atoms with Crippen molar-refractivity contribution in [2.45, 2.75) is 24.8 Å². The summed E-state index contributed by atoms with van der Waals surface area (Å²) >= 11 is 0. The average molecular weight is 358 g/mol. The van der Waals surface area contributed by atoms with Gasteiger partial charge in [0.2, 0.25) is 5.91 Å². The van der Waals surface area contributed by atoms with Crippen molar-refractivity contribution >= 4 is 19.1 Å². The SMILES string of the molecule is C=CC(=O)N1C[C@@H]2C[C@@H]2[C@@H]1COC(=O)N[C@@H](Cc1ccccc1)B(O)O. The average Bonchev–Trinajstić information content (AvgIpc) is 3.31. The third kappa shape index (κ3) is 4.26. The summed E-state index contributed by atoms with van der Waals surface area (Å²) in [7, 11) is -1.71. The Balaban J connectivity index is 1.52. The van der Waals surface area contributed by atoms with Gasteiger partial charge in [-0.2, -0.15) is 0 Å². The van der Waals surface area contributed by atoms with Gasteiger partial charge in [-0.3, -0.25) is 4.79 Å². The zero-order valence-corrected chi connectivity index (χ0v) is 14.5. The molecule has 0 aromatic heterocycles. The predicted octanol–water partition coefficient (Wildman–Crippen LogP) is 0.369. The number of carbonyl (C=O) groups excluding carboxylic acids is 2. The Bertz CT molecular complexity index is 669. The molecule has 1 saturated carbocycles. The number of alkyl carbamates (subject to hydrolysis) is 1. The van der Waals surface area contributed by atoms with E-state index in [1.165, 1.54) is 6.08 Å². The Morgan fingerprint density at radius 1 is 1.38 bits per heavy atom. The van der Waals surface area contributed by atoms with E-state index in [1.54, 1.807) is 4.90 Å². The first-order chi connectivity index (χ1) is 12.5. The van der Waals surface area contributed by atoms with Crippen LogP contribution in [-0.2, 0) is 16.0 Å². The number of carbonyl (C=O) groups is 2. The second-order valence-electron chi connectivity index (χ2n) is 6.87. The maximum Gasteiger partial charge on any atom is 0.475 e. The van der Waals surface area contributed by atoms with Crippen LogP contribution in [0.4, 0.5) is 4.79 Å². The van der Waals surface area contributed by atoms with E-state index in [9.17, 15) is 19.6 Å². The van der Waals surface area contributed by atoms with Gasteiger partial charge >= 0.3 is 13.2 Å². The lowest BCUT2D eigenvalue weighted by Crippen LogP contribution is -2.49. The molecule has 1 aromatic carbocycles. The lowest BCUT2D eigenvalue weighted by Gasteiger charge is -2.26. The molecular formula is C18H23BN2O5. The molecule has 3 rings (SSSR count). The molecule has 0 bridgehead atoms. The quantitative estimate of drug-likeness (QED) is 0.483. The van der Waals surface area contributed by atoms with E-state index in [-0.39, 0.29) is 25.0 Å². The Labute approximate surface area is 152 Å². The number of amides is 2. The molecule has 8 heteroatoms. The van der Waals surface area contributed by atoms with Crippen molar-refractivity contribution in [1.29, 1.82) is 0 Å². The van der Waals surface area contributed by atoms with Crippen LogP contribution in [0, 0.1) is 11.8 Å². The van der Waals surface area contributed by atoms with E-state index in [4.69, 9.17) is 4.74 Å². The number of fused-ring (bicyclic) bond motifs is 1. The highest BCUT2D eigenvalue weighted by atomic mass is 16.5. The van der Waals surface area contributed by atoms with Gasteiger partial charge in [0.1, 0.15) is 6.61 Å². The molecule has 0 radical (unpaired) electrons. The van der Waals surface area contributed by atoms with Crippen LogP contribution in [0.15, 0.2) is 43.0 Å². The van der Waals surface area contributed by atoms with Crippen LogP contribution >= 0.6 is 0 Å². The number of likely N-dealkylation sites (tertiary alicyclic amines) is 1. The molecule has 3 N–H and O–H groups in total. The van der Waals surface area contributed by atoms with E-state index in [1.807, 2.05) is 30.3 Å². The number of benzene rings is 1. The molecule has 1 aliphatic heterocycles. The standard InChI is InChI=1S/C18H23BN2O5/c1-2-17(22)21-10-13-9-14(13)15(21)11-26-18(23)20-16(19(24)25)8-12-6-4-3-5-7-12/h2-7,13-16,24-25H,1,8-11H2,(H,20,23)/t13-,14-,15-,16-/m0/s1. The first kappa shape index (κ1) is 18.5. The number of hydrogen-bond acceptors (Lipinski definition) is 5. The van der Waals surface area contributed by atoms with E-state index in [0.29, 0.717) is 18.4 Å². The Hall–Kier alpha value is -2.32. The zero-order chi connectivity index (χ0) is 18.7. The van der Waals surface area contributed by atoms with Crippen LogP contribution in [0.5, 0.6) is 0 Å². The smallest absolute Gasteiger partial charge is 0.447 e. The highest BCUT2D eigenvalue weighted by Gasteiger charge is 2.53. The largest absolute Gasteiger partial charge is 0.475 e. The molecule has 4 atom stereocenters. The molecule has 1 aromatic rings. The van der Waals surface area contributed by atoms with Crippen LogP contribution < -0.4 is 5.32 Å². The number of hydrogen-bond donors (Lipinski definition) is 3. The monoisotopic (exact) mass is 358 g/mol. The van der Waals surface area contributed by atoms with E-state index in [2.05, 4.69) is 11.9 Å².